The second-order valence-electron chi connectivity index (χ2n) is 2.16. The van der Waals surface area contributed by atoms with E-state index in [9.17, 15) is 26.3 Å². The largest absolute Gasteiger partial charge is 0.435 e. The van der Waals surface area contributed by atoms with Crippen LogP contribution in [-0.2, 0) is 12.4 Å². The molecule has 0 aliphatic heterocycles. The normalized spacial score (nSPS) is 12.4. The number of rotatable bonds is 0. The molecular weight excluding hydrogens is 225 g/mol. The van der Waals surface area contributed by atoms with Crippen molar-refractivity contribution < 1.29 is 26.3 Å². The van der Waals surface area contributed by atoms with Gasteiger partial charge in [0.2, 0.25) is 0 Å². The molecule has 1 rings (SSSR count). The number of aromatic amines is 1. The molecule has 0 saturated carbocycles. The summed E-state index contributed by atoms with van der Waals surface area (Å²) < 4.78 is 70.5. The molecule has 0 amide bonds. The molecule has 0 aliphatic rings. The molecule has 1 heterocycles. The van der Waals surface area contributed by atoms with Crippen LogP contribution in [0.15, 0.2) is 6.07 Å². The van der Waals surface area contributed by atoms with Gasteiger partial charge in [-0.2, -0.15) is 31.4 Å². The minimum absolute atomic E-state index is 0. The SMILES string of the molecule is FC(F)(F)c1cc(C(F)(F)F)[nH]n1.[Na]. The number of alkyl halides is 6. The molecule has 14 heavy (non-hydrogen) atoms. The minimum Gasteiger partial charge on any atom is -0.273 e. The summed E-state index contributed by atoms with van der Waals surface area (Å²) in [6.45, 7) is 0. The van der Waals surface area contributed by atoms with E-state index >= 15 is 0 Å². The van der Waals surface area contributed by atoms with Gasteiger partial charge < -0.3 is 0 Å². The number of halogens is 6. The van der Waals surface area contributed by atoms with Gasteiger partial charge in [-0.3, -0.25) is 5.10 Å². The molecule has 0 spiro atoms. The summed E-state index contributed by atoms with van der Waals surface area (Å²) >= 11 is 0. The predicted octanol–water partition coefficient (Wildman–Crippen LogP) is 2.07. The van der Waals surface area contributed by atoms with Crippen LogP contribution in [0.4, 0.5) is 26.3 Å². The Hall–Kier alpha value is -0.210. The van der Waals surface area contributed by atoms with Gasteiger partial charge in [0.05, 0.1) is 0 Å². The van der Waals surface area contributed by atoms with Crippen LogP contribution in [0.5, 0.6) is 0 Å². The molecule has 1 radical (unpaired) electrons. The van der Waals surface area contributed by atoms with Crippen molar-refractivity contribution in [3.63, 3.8) is 0 Å². The molecule has 9 heteroatoms. The first-order valence-electron chi connectivity index (χ1n) is 2.91. The van der Waals surface area contributed by atoms with Gasteiger partial charge in [-0.25, -0.2) is 0 Å². The van der Waals surface area contributed by atoms with Crippen LogP contribution in [-0.4, -0.2) is 39.8 Å². The van der Waals surface area contributed by atoms with E-state index in [2.05, 4.69) is 5.10 Å². The van der Waals surface area contributed by atoms with Gasteiger partial charge in [-0.15, -0.1) is 0 Å². The van der Waals surface area contributed by atoms with Crippen molar-refractivity contribution in [2.75, 3.05) is 0 Å². The Morgan fingerprint density at radius 3 is 1.71 bits per heavy atom. The summed E-state index contributed by atoms with van der Waals surface area (Å²) in [4.78, 5) is 0. The molecule has 0 aliphatic carbocycles. The van der Waals surface area contributed by atoms with Gasteiger partial charge in [0.1, 0.15) is 5.69 Å². The number of H-pyrrole nitrogens is 1. The zero-order valence-corrected chi connectivity index (χ0v) is 8.79. The summed E-state index contributed by atoms with van der Waals surface area (Å²) in [7, 11) is 0. The predicted molar refractivity (Wildman–Crippen MR) is 34.3 cm³/mol. The number of hydrogen-bond acceptors (Lipinski definition) is 1. The second kappa shape index (κ2) is 4.11. The number of hydrogen-bond donors (Lipinski definition) is 1. The summed E-state index contributed by atoms with van der Waals surface area (Å²) in [6, 6.07) is -0.0833. The van der Waals surface area contributed by atoms with Crippen LogP contribution in [0.1, 0.15) is 11.4 Å². The maximum atomic E-state index is 11.8. The van der Waals surface area contributed by atoms with Crippen molar-refractivity contribution in [2.24, 2.45) is 0 Å². The van der Waals surface area contributed by atoms with Crippen molar-refractivity contribution in [3.05, 3.63) is 17.5 Å². The summed E-state index contributed by atoms with van der Waals surface area (Å²) in [5.74, 6) is 0. The Bertz CT molecular complexity index is 271. The molecule has 0 aromatic carbocycles. The van der Waals surface area contributed by atoms with Crippen LogP contribution in [0, 0.1) is 0 Å². The van der Waals surface area contributed by atoms with Crippen molar-refractivity contribution in [1.29, 1.82) is 0 Å². The molecule has 1 aromatic rings. The van der Waals surface area contributed by atoms with Gasteiger partial charge in [-0.1, -0.05) is 0 Å². The van der Waals surface area contributed by atoms with Crippen LogP contribution >= 0.6 is 0 Å². The Labute approximate surface area is 96.0 Å². The van der Waals surface area contributed by atoms with Gasteiger partial charge in [0.15, 0.2) is 5.69 Å². The molecule has 2 nitrogen and oxygen atoms in total. The van der Waals surface area contributed by atoms with Gasteiger partial charge in [0, 0.05) is 35.6 Å². The first-order valence-corrected chi connectivity index (χ1v) is 2.91. The smallest absolute Gasteiger partial charge is 0.273 e. The monoisotopic (exact) mass is 227 g/mol. The van der Waals surface area contributed by atoms with Crippen LogP contribution in [0.25, 0.3) is 0 Å². The Morgan fingerprint density at radius 2 is 1.50 bits per heavy atom. The number of nitrogens with one attached hydrogen (secondary N) is 1. The van der Waals surface area contributed by atoms with E-state index in [1.807, 2.05) is 0 Å². The minimum atomic E-state index is -4.86. The molecule has 0 unspecified atom stereocenters. The topological polar surface area (TPSA) is 28.7 Å². The van der Waals surface area contributed by atoms with Crippen molar-refractivity contribution in [1.82, 2.24) is 10.2 Å². The average molecular weight is 227 g/mol. The molecule has 0 fully saturated rings. The molecule has 0 atom stereocenters. The third kappa shape index (κ3) is 3.18. The fourth-order valence-electron chi connectivity index (χ4n) is 0.612. The maximum Gasteiger partial charge on any atom is 0.435 e. The average Bonchev–Trinajstić information content (AvgIpc) is 2.28. The van der Waals surface area contributed by atoms with Crippen molar-refractivity contribution in [2.45, 2.75) is 12.4 Å². The van der Waals surface area contributed by atoms with E-state index in [0.29, 0.717) is 0 Å². The maximum absolute atomic E-state index is 11.8. The summed E-state index contributed by atoms with van der Waals surface area (Å²) in [6.07, 6.45) is -9.70. The third-order valence-corrected chi connectivity index (χ3v) is 1.17. The van der Waals surface area contributed by atoms with Crippen LogP contribution < -0.4 is 0 Å². The van der Waals surface area contributed by atoms with E-state index in [1.165, 1.54) is 5.10 Å². The Kier molecular flexibility index (Phi) is 4.05. The zero-order valence-electron chi connectivity index (χ0n) is 6.79. The summed E-state index contributed by atoms with van der Waals surface area (Å²) in [5, 5.41) is 3.74. The molecule has 1 N–H and O–H groups in total. The first-order chi connectivity index (χ1) is 5.71. The van der Waals surface area contributed by atoms with E-state index in [-0.39, 0.29) is 35.6 Å². The van der Waals surface area contributed by atoms with Gasteiger partial charge in [-0.05, 0) is 0 Å². The van der Waals surface area contributed by atoms with E-state index in [4.69, 9.17) is 0 Å². The Morgan fingerprint density at radius 1 is 1.00 bits per heavy atom. The van der Waals surface area contributed by atoms with Crippen LogP contribution in [0.2, 0.25) is 0 Å². The van der Waals surface area contributed by atoms with Crippen LogP contribution in [0.3, 0.4) is 0 Å². The zero-order chi connectivity index (χ0) is 10.3. The standard InChI is InChI=1S/C5H2F6N2.Na/c6-4(7,8)2-1-3(13-12-2)5(9,10)11;/h1H,(H,12,13);. The van der Waals surface area contributed by atoms with E-state index in [0.717, 1.165) is 0 Å². The second-order valence-corrected chi connectivity index (χ2v) is 2.16. The van der Waals surface area contributed by atoms with E-state index in [1.54, 1.807) is 0 Å². The fraction of sp³-hybridized carbons (Fsp3) is 0.400. The van der Waals surface area contributed by atoms with Crippen molar-refractivity contribution in [3.8, 4) is 0 Å². The molecule has 75 valence electrons. The molecule has 0 saturated heterocycles. The molecule has 1 aromatic heterocycles. The van der Waals surface area contributed by atoms with Gasteiger partial charge >= 0.3 is 12.4 Å². The number of nitrogens with zero attached hydrogens (tertiary/aromatic N) is 1. The first kappa shape index (κ1) is 13.8. The number of aromatic nitrogens is 2. The van der Waals surface area contributed by atoms with E-state index < -0.39 is 23.7 Å². The third-order valence-electron chi connectivity index (χ3n) is 1.17. The molecular formula is C5H2F6N2Na. The van der Waals surface area contributed by atoms with Gasteiger partial charge in [0.25, 0.3) is 0 Å². The Balaban J connectivity index is 0.00000169. The summed E-state index contributed by atoms with van der Waals surface area (Å²) in [5.41, 5.74) is -3.10. The van der Waals surface area contributed by atoms with Crippen molar-refractivity contribution >= 4 is 29.6 Å². The molecule has 0 bridgehead atoms. The fourth-order valence-corrected chi connectivity index (χ4v) is 0.612. The quantitative estimate of drug-likeness (QED) is 0.533.